The SMILES string of the molecule is Cc1nn(C)c2ncc(S(=O)(=O)NC3CCCCC3CN)cc12.Cl. The van der Waals surface area contributed by atoms with Crippen molar-refractivity contribution in [1.82, 2.24) is 19.5 Å². The molecule has 2 aromatic heterocycles. The zero-order chi connectivity index (χ0) is 16.6. The standard InChI is InChI=1S/C15H23N5O2S.ClH/c1-10-13-7-12(9-17-15(13)20(2)18-10)23(21,22)19-14-6-4-3-5-11(14)8-16;/h7,9,11,14,19H,3-6,8,16H2,1-2H3;1H. The van der Waals surface area contributed by atoms with E-state index in [0.29, 0.717) is 12.2 Å². The molecule has 0 amide bonds. The van der Waals surface area contributed by atoms with Crippen molar-refractivity contribution in [3.05, 3.63) is 18.0 Å². The molecule has 0 saturated heterocycles. The summed E-state index contributed by atoms with van der Waals surface area (Å²) in [4.78, 5) is 4.44. The fourth-order valence-corrected chi connectivity index (χ4v) is 4.66. The number of hydrogen-bond acceptors (Lipinski definition) is 5. The number of nitrogens with two attached hydrogens (primary N) is 1. The Bertz CT molecular complexity index is 821. The fraction of sp³-hybridized carbons (Fsp3) is 0.600. The van der Waals surface area contributed by atoms with Crippen molar-refractivity contribution in [2.75, 3.05) is 6.54 Å². The van der Waals surface area contributed by atoms with Gasteiger partial charge in [0.1, 0.15) is 4.90 Å². The molecule has 2 aromatic rings. The molecule has 9 heteroatoms. The van der Waals surface area contributed by atoms with E-state index in [-0.39, 0.29) is 29.3 Å². The number of fused-ring (bicyclic) bond motifs is 1. The third-order valence-corrected chi connectivity index (χ3v) is 6.12. The highest BCUT2D eigenvalue weighted by molar-refractivity contribution is 7.89. The van der Waals surface area contributed by atoms with Crippen molar-refractivity contribution >= 4 is 33.5 Å². The molecule has 0 aliphatic heterocycles. The first-order valence-electron chi connectivity index (χ1n) is 7.94. The molecular weight excluding hydrogens is 350 g/mol. The molecule has 2 heterocycles. The Morgan fingerprint density at radius 1 is 1.38 bits per heavy atom. The molecule has 24 heavy (non-hydrogen) atoms. The minimum Gasteiger partial charge on any atom is -0.330 e. The molecule has 1 aliphatic rings. The highest BCUT2D eigenvalue weighted by Gasteiger charge is 2.29. The van der Waals surface area contributed by atoms with Crippen LogP contribution >= 0.6 is 12.4 Å². The van der Waals surface area contributed by atoms with E-state index in [1.165, 1.54) is 6.20 Å². The maximum atomic E-state index is 12.7. The first-order chi connectivity index (χ1) is 10.9. The molecule has 3 N–H and O–H groups in total. The number of aryl methyl sites for hydroxylation is 2. The summed E-state index contributed by atoms with van der Waals surface area (Å²) in [5.74, 6) is 0.204. The van der Waals surface area contributed by atoms with Crippen molar-refractivity contribution < 1.29 is 8.42 Å². The van der Waals surface area contributed by atoms with E-state index < -0.39 is 10.0 Å². The van der Waals surface area contributed by atoms with E-state index in [0.717, 1.165) is 36.8 Å². The Hall–Kier alpha value is -1.22. The van der Waals surface area contributed by atoms with Crippen LogP contribution in [-0.2, 0) is 17.1 Å². The summed E-state index contributed by atoms with van der Waals surface area (Å²) in [6, 6.07) is 1.55. The van der Waals surface area contributed by atoms with E-state index >= 15 is 0 Å². The van der Waals surface area contributed by atoms with Crippen molar-refractivity contribution in [3.8, 4) is 0 Å². The highest BCUT2D eigenvalue weighted by Crippen LogP contribution is 2.26. The van der Waals surface area contributed by atoms with Crippen LogP contribution in [0.15, 0.2) is 17.2 Å². The molecule has 7 nitrogen and oxygen atoms in total. The van der Waals surface area contributed by atoms with Gasteiger partial charge in [-0.15, -0.1) is 12.4 Å². The lowest BCUT2D eigenvalue weighted by molar-refractivity contribution is 0.296. The summed E-state index contributed by atoms with van der Waals surface area (Å²) >= 11 is 0. The van der Waals surface area contributed by atoms with Crippen molar-refractivity contribution in [2.24, 2.45) is 18.7 Å². The summed E-state index contributed by atoms with van der Waals surface area (Å²) < 4.78 is 29.9. The van der Waals surface area contributed by atoms with Crippen LogP contribution in [0, 0.1) is 12.8 Å². The van der Waals surface area contributed by atoms with Gasteiger partial charge in [-0.1, -0.05) is 12.8 Å². The number of halogens is 1. The Balaban J connectivity index is 0.00000208. The van der Waals surface area contributed by atoms with E-state index in [4.69, 9.17) is 5.73 Å². The van der Waals surface area contributed by atoms with E-state index in [1.54, 1.807) is 17.8 Å². The fourth-order valence-electron chi connectivity index (χ4n) is 3.35. The predicted molar refractivity (Wildman–Crippen MR) is 95.6 cm³/mol. The molecule has 3 rings (SSSR count). The molecule has 1 aliphatic carbocycles. The van der Waals surface area contributed by atoms with Gasteiger partial charge in [-0.25, -0.2) is 18.1 Å². The van der Waals surface area contributed by atoms with Crippen LogP contribution < -0.4 is 10.5 Å². The van der Waals surface area contributed by atoms with Gasteiger partial charge in [0.2, 0.25) is 10.0 Å². The summed E-state index contributed by atoms with van der Waals surface area (Å²) in [5.41, 5.74) is 7.24. The Morgan fingerprint density at radius 2 is 2.08 bits per heavy atom. The van der Waals surface area contributed by atoms with E-state index in [1.807, 2.05) is 6.92 Å². The maximum absolute atomic E-state index is 12.7. The van der Waals surface area contributed by atoms with E-state index in [2.05, 4.69) is 14.8 Å². The lowest BCUT2D eigenvalue weighted by atomic mass is 9.85. The first-order valence-corrected chi connectivity index (χ1v) is 9.42. The zero-order valence-corrected chi connectivity index (χ0v) is 15.5. The smallest absolute Gasteiger partial charge is 0.242 e. The van der Waals surface area contributed by atoms with Crippen LogP contribution in [0.1, 0.15) is 31.4 Å². The third kappa shape index (κ3) is 3.56. The van der Waals surface area contributed by atoms with Crippen LogP contribution in [0.3, 0.4) is 0 Å². The summed E-state index contributed by atoms with van der Waals surface area (Å²) in [6.07, 6.45) is 5.35. The first kappa shape index (κ1) is 19.1. The van der Waals surface area contributed by atoms with Gasteiger partial charge in [-0.3, -0.25) is 4.68 Å². The third-order valence-electron chi connectivity index (χ3n) is 4.67. The van der Waals surface area contributed by atoms with Crippen molar-refractivity contribution in [3.63, 3.8) is 0 Å². The summed E-state index contributed by atoms with van der Waals surface area (Å²) in [6.45, 7) is 2.35. The van der Waals surface area contributed by atoms with Gasteiger partial charge < -0.3 is 5.73 Å². The molecule has 1 saturated carbocycles. The number of aromatic nitrogens is 3. The molecule has 2 atom stereocenters. The summed E-state index contributed by atoms with van der Waals surface area (Å²) in [5, 5.41) is 5.04. The topological polar surface area (TPSA) is 103 Å². The Kier molecular flexibility index (Phi) is 5.85. The zero-order valence-electron chi connectivity index (χ0n) is 13.9. The second-order valence-corrected chi connectivity index (χ2v) is 7.97. The minimum absolute atomic E-state index is 0. The highest BCUT2D eigenvalue weighted by atomic mass is 35.5. The molecule has 0 spiro atoms. The monoisotopic (exact) mass is 373 g/mol. The van der Waals surface area contributed by atoms with Crippen LogP contribution in [0.2, 0.25) is 0 Å². The number of nitrogens with zero attached hydrogens (tertiary/aromatic N) is 3. The number of rotatable bonds is 4. The molecule has 1 fully saturated rings. The normalized spacial score (nSPS) is 21.6. The molecule has 0 radical (unpaired) electrons. The van der Waals surface area contributed by atoms with Gasteiger partial charge in [0, 0.05) is 24.7 Å². The Morgan fingerprint density at radius 3 is 2.79 bits per heavy atom. The van der Waals surface area contributed by atoms with Crippen LogP contribution in [0.25, 0.3) is 11.0 Å². The number of hydrogen-bond donors (Lipinski definition) is 2. The lowest BCUT2D eigenvalue weighted by Crippen LogP contribution is -2.44. The molecule has 2 unspecified atom stereocenters. The number of nitrogens with one attached hydrogen (secondary N) is 1. The maximum Gasteiger partial charge on any atom is 0.242 e. The van der Waals surface area contributed by atoms with Gasteiger partial charge in [-0.2, -0.15) is 5.10 Å². The minimum atomic E-state index is -3.61. The van der Waals surface area contributed by atoms with E-state index in [9.17, 15) is 8.42 Å². The Labute approximate surface area is 148 Å². The van der Waals surface area contributed by atoms with Crippen molar-refractivity contribution in [2.45, 2.75) is 43.5 Å². The lowest BCUT2D eigenvalue weighted by Gasteiger charge is -2.30. The number of pyridine rings is 1. The van der Waals surface area contributed by atoms with Gasteiger partial charge >= 0.3 is 0 Å². The van der Waals surface area contributed by atoms with Gasteiger partial charge in [-0.05, 0) is 38.3 Å². The average Bonchev–Trinajstić information content (AvgIpc) is 2.82. The van der Waals surface area contributed by atoms with Crippen LogP contribution in [0.5, 0.6) is 0 Å². The molecule has 0 bridgehead atoms. The van der Waals surface area contributed by atoms with Gasteiger partial charge in [0.05, 0.1) is 5.69 Å². The molecule has 0 aromatic carbocycles. The van der Waals surface area contributed by atoms with Gasteiger partial charge in [0.15, 0.2) is 5.65 Å². The van der Waals surface area contributed by atoms with Crippen LogP contribution in [0.4, 0.5) is 0 Å². The predicted octanol–water partition coefficient (Wildman–Crippen LogP) is 1.49. The van der Waals surface area contributed by atoms with Gasteiger partial charge in [0.25, 0.3) is 0 Å². The number of sulfonamides is 1. The molecular formula is C15H24ClN5O2S. The van der Waals surface area contributed by atoms with Crippen molar-refractivity contribution in [1.29, 1.82) is 0 Å². The average molecular weight is 374 g/mol. The van der Waals surface area contributed by atoms with Crippen LogP contribution in [-0.4, -0.2) is 35.8 Å². The second-order valence-electron chi connectivity index (χ2n) is 6.26. The molecule has 134 valence electrons. The second kappa shape index (κ2) is 7.35. The largest absolute Gasteiger partial charge is 0.330 e. The quantitative estimate of drug-likeness (QED) is 0.845. The summed E-state index contributed by atoms with van der Waals surface area (Å²) in [7, 11) is -1.81.